The topological polar surface area (TPSA) is 82.5 Å². The average molecular weight is 452 g/mol. The molecule has 7 nitrogen and oxygen atoms in total. The number of rotatable bonds is 6. The Bertz CT molecular complexity index is 844. The van der Waals surface area contributed by atoms with Gasteiger partial charge in [-0.2, -0.15) is 5.10 Å². The molecule has 2 aromatic rings. The summed E-state index contributed by atoms with van der Waals surface area (Å²) < 4.78 is 12.9. The number of hydrogen-bond acceptors (Lipinski definition) is 5. The molecular weight excluding hydrogens is 426 g/mol. The molecule has 1 amide bonds. The molecule has 1 atom stereocenters. The molecule has 0 unspecified atom stereocenters. The van der Waals surface area contributed by atoms with E-state index in [1.165, 1.54) is 10.9 Å². The molecule has 0 aliphatic carbocycles. The fourth-order valence-electron chi connectivity index (χ4n) is 2.70. The van der Waals surface area contributed by atoms with Crippen molar-refractivity contribution in [2.45, 2.75) is 52.3 Å². The molecule has 0 aliphatic rings. The number of hydrogen-bond donors (Lipinski definition) is 1. The van der Waals surface area contributed by atoms with E-state index < -0.39 is 23.2 Å². The Labute approximate surface area is 173 Å². The monoisotopic (exact) mass is 451 g/mol. The van der Waals surface area contributed by atoms with Gasteiger partial charge in [-0.1, -0.05) is 28.1 Å². The highest BCUT2D eigenvalue weighted by Gasteiger charge is 2.33. The number of carbonyl (C=O) groups is 2. The summed E-state index contributed by atoms with van der Waals surface area (Å²) in [4.78, 5) is 24.7. The molecule has 0 saturated heterocycles. The Morgan fingerprint density at radius 2 is 1.93 bits per heavy atom. The highest BCUT2D eigenvalue weighted by Crippen LogP contribution is 2.27. The fourth-order valence-corrected chi connectivity index (χ4v) is 3.10. The van der Waals surface area contributed by atoms with Crippen LogP contribution in [0.2, 0.25) is 0 Å². The Morgan fingerprint density at radius 3 is 2.54 bits per heavy atom. The summed E-state index contributed by atoms with van der Waals surface area (Å²) in [6.45, 7) is 9.48. The zero-order valence-corrected chi connectivity index (χ0v) is 18.4. The molecular formula is C20H26BrN3O4. The van der Waals surface area contributed by atoms with Crippen molar-refractivity contribution in [2.75, 3.05) is 6.61 Å². The first-order valence-corrected chi connectivity index (χ1v) is 9.79. The van der Waals surface area contributed by atoms with Crippen LogP contribution in [0, 0.1) is 0 Å². The molecule has 0 radical (unpaired) electrons. The first-order chi connectivity index (χ1) is 13.0. The third kappa shape index (κ3) is 5.82. The van der Waals surface area contributed by atoms with Crippen LogP contribution < -0.4 is 5.32 Å². The van der Waals surface area contributed by atoms with E-state index >= 15 is 0 Å². The molecule has 8 heteroatoms. The van der Waals surface area contributed by atoms with Gasteiger partial charge in [0.15, 0.2) is 0 Å². The molecule has 28 heavy (non-hydrogen) atoms. The summed E-state index contributed by atoms with van der Waals surface area (Å²) in [6.07, 6.45) is 0.973. The number of halogens is 1. The van der Waals surface area contributed by atoms with Crippen molar-refractivity contribution in [3.8, 4) is 0 Å². The highest BCUT2D eigenvalue weighted by atomic mass is 79.9. The molecule has 0 saturated carbocycles. The van der Waals surface area contributed by atoms with Gasteiger partial charge >= 0.3 is 12.1 Å². The van der Waals surface area contributed by atoms with Crippen LogP contribution in [-0.4, -0.2) is 34.1 Å². The number of aromatic nitrogens is 2. The van der Waals surface area contributed by atoms with Crippen LogP contribution >= 0.6 is 15.9 Å². The minimum absolute atomic E-state index is 0.212. The summed E-state index contributed by atoms with van der Waals surface area (Å²) in [5, 5.41) is 7.18. The van der Waals surface area contributed by atoms with Gasteiger partial charge in [0, 0.05) is 10.7 Å². The van der Waals surface area contributed by atoms with Gasteiger partial charge in [-0.05, 0) is 58.4 Å². The van der Waals surface area contributed by atoms with Gasteiger partial charge in [-0.15, -0.1) is 0 Å². The van der Waals surface area contributed by atoms with Gasteiger partial charge in [0.25, 0.3) is 0 Å². The van der Waals surface area contributed by atoms with E-state index in [2.05, 4.69) is 26.3 Å². The number of alkyl carbamates (subject to hydrolysis) is 1. The second-order valence-electron chi connectivity index (χ2n) is 7.56. The molecule has 2 rings (SSSR count). The van der Waals surface area contributed by atoms with Crippen molar-refractivity contribution in [3.63, 3.8) is 0 Å². The van der Waals surface area contributed by atoms with E-state index in [1.807, 2.05) is 31.2 Å². The maximum absolute atomic E-state index is 12.5. The van der Waals surface area contributed by atoms with Gasteiger partial charge in [0.1, 0.15) is 11.3 Å². The van der Waals surface area contributed by atoms with Crippen molar-refractivity contribution in [1.29, 1.82) is 0 Å². The van der Waals surface area contributed by atoms with Crippen LogP contribution in [0.4, 0.5) is 4.79 Å². The van der Waals surface area contributed by atoms with Crippen molar-refractivity contribution in [1.82, 2.24) is 15.1 Å². The summed E-state index contributed by atoms with van der Waals surface area (Å²) in [5.74, 6) is -0.464. The molecule has 0 aliphatic heterocycles. The number of ether oxygens (including phenoxy) is 2. The van der Waals surface area contributed by atoms with Crippen molar-refractivity contribution < 1.29 is 19.1 Å². The summed E-state index contributed by atoms with van der Waals surface area (Å²) in [6, 6.07) is 9.17. The SMILES string of the molecule is CCOC(=O)c1ccnn1C[C@@](C)(NC(=O)OC(C)(C)C)c1cccc(Br)c1. The van der Waals surface area contributed by atoms with Crippen LogP contribution in [0.25, 0.3) is 0 Å². The van der Waals surface area contributed by atoms with Gasteiger partial charge in [-0.3, -0.25) is 4.68 Å². The van der Waals surface area contributed by atoms with Gasteiger partial charge in [-0.25, -0.2) is 9.59 Å². The number of nitrogens with one attached hydrogen (secondary N) is 1. The predicted molar refractivity (Wildman–Crippen MR) is 109 cm³/mol. The van der Waals surface area contributed by atoms with Crippen molar-refractivity contribution >= 4 is 28.0 Å². The maximum atomic E-state index is 12.5. The minimum Gasteiger partial charge on any atom is -0.461 e. The lowest BCUT2D eigenvalue weighted by atomic mass is 9.92. The fraction of sp³-hybridized carbons (Fsp3) is 0.450. The molecule has 1 aromatic carbocycles. The Kier molecular flexibility index (Phi) is 6.87. The zero-order chi connectivity index (χ0) is 20.9. The Hall–Kier alpha value is -2.35. The Morgan fingerprint density at radius 1 is 1.21 bits per heavy atom. The van der Waals surface area contributed by atoms with Gasteiger partial charge in [0.2, 0.25) is 0 Å². The van der Waals surface area contributed by atoms with E-state index in [0.717, 1.165) is 10.0 Å². The maximum Gasteiger partial charge on any atom is 0.408 e. The quantitative estimate of drug-likeness (QED) is 0.663. The third-order valence-corrected chi connectivity index (χ3v) is 4.40. The lowest BCUT2D eigenvalue weighted by molar-refractivity contribution is 0.0445. The van der Waals surface area contributed by atoms with E-state index in [0.29, 0.717) is 5.69 Å². The first-order valence-electron chi connectivity index (χ1n) is 9.00. The standard InChI is InChI=1S/C20H26BrN3O4/c1-6-27-17(25)16-10-11-22-24(16)13-20(5,14-8-7-9-15(21)12-14)23-18(26)28-19(2,3)4/h7-12H,6,13H2,1-5H3,(H,23,26)/t20-/m1/s1. The van der Waals surface area contributed by atoms with Crippen LogP contribution in [0.5, 0.6) is 0 Å². The van der Waals surface area contributed by atoms with Gasteiger partial charge < -0.3 is 14.8 Å². The number of carbonyl (C=O) groups excluding carboxylic acids is 2. The van der Waals surface area contributed by atoms with Crippen LogP contribution in [-0.2, 0) is 21.6 Å². The first kappa shape index (κ1) is 21.9. The number of nitrogens with zero attached hydrogens (tertiary/aromatic N) is 2. The number of benzene rings is 1. The van der Waals surface area contributed by atoms with Gasteiger partial charge in [0.05, 0.1) is 18.7 Å². The largest absolute Gasteiger partial charge is 0.461 e. The molecule has 0 bridgehead atoms. The second-order valence-corrected chi connectivity index (χ2v) is 8.48. The predicted octanol–water partition coefficient (Wildman–Crippen LogP) is 4.26. The zero-order valence-electron chi connectivity index (χ0n) is 16.8. The van der Waals surface area contributed by atoms with E-state index in [9.17, 15) is 9.59 Å². The minimum atomic E-state index is -0.890. The summed E-state index contributed by atoms with van der Waals surface area (Å²) in [5.41, 5.74) is -0.379. The highest BCUT2D eigenvalue weighted by molar-refractivity contribution is 9.10. The van der Waals surface area contributed by atoms with Crippen LogP contribution in [0.15, 0.2) is 41.0 Å². The molecule has 0 fully saturated rings. The molecule has 1 aromatic heterocycles. The number of amides is 1. The van der Waals surface area contributed by atoms with E-state index in [4.69, 9.17) is 9.47 Å². The lowest BCUT2D eigenvalue weighted by Gasteiger charge is -2.33. The normalized spacial score (nSPS) is 13.5. The van der Waals surface area contributed by atoms with Crippen molar-refractivity contribution in [2.24, 2.45) is 0 Å². The van der Waals surface area contributed by atoms with Crippen LogP contribution in [0.1, 0.15) is 50.7 Å². The second kappa shape index (κ2) is 8.77. The lowest BCUT2D eigenvalue weighted by Crippen LogP contribution is -2.48. The van der Waals surface area contributed by atoms with Crippen molar-refractivity contribution in [3.05, 3.63) is 52.3 Å². The molecule has 0 spiro atoms. The molecule has 1 N–H and O–H groups in total. The summed E-state index contributed by atoms with van der Waals surface area (Å²) >= 11 is 3.47. The van der Waals surface area contributed by atoms with E-state index in [1.54, 1.807) is 33.8 Å². The number of esters is 1. The Balaban J connectivity index is 2.38. The van der Waals surface area contributed by atoms with E-state index in [-0.39, 0.29) is 13.2 Å². The third-order valence-electron chi connectivity index (χ3n) is 3.91. The molecule has 1 heterocycles. The summed E-state index contributed by atoms with van der Waals surface area (Å²) in [7, 11) is 0. The van der Waals surface area contributed by atoms with Crippen LogP contribution in [0.3, 0.4) is 0 Å². The smallest absolute Gasteiger partial charge is 0.408 e. The average Bonchev–Trinajstić information content (AvgIpc) is 3.01. The molecule has 152 valence electrons.